The third-order valence-electron chi connectivity index (χ3n) is 3.35. The smallest absolute Gasteiger partial charge is 0.407 e. The van der Waals surface area contributed by atoms with Gasteiger partial charge in [0.15, 0.2) is 5.96 Å². The number of carbonyl (C=O) groups is 1. The van der Waals surface area contributed by atoms with Crippen LogP contribution in [-0.2, 0) is 21.3 Å². The first-order valence-corrected chi connectivity index (χ1v) is 10.6. The summed E-state index contributed by atoms with van der Waals surface area (Å²) in [6, 6.07) is 6.53. The van der Waals surface area contributed by atoms with E-state index in [4.69, 9.17) is 4.74 Å². The van der Waals surface area contributed by atoms with E-state index in [1.54, 1.807) is 24.3 Å². The first kappa shape index (κ1) is 23.7. The van der Waals surface area contributed by atoms with Gasteiger partial charge < -0.3 is 20.7 Å². The number of alkyl carbamates (subject to hydrolysis) is 1. The fourth-order valence-corrected chi connectivity index (χ4v) is 2.79. The maximum atomic E-state index is 11.7. The number of carbonyl (C=O) groups excluding carboxylic acids is 1. The number of sulfonamides is 1. The predicted octanol–water partition coefficient (Wildman–Crippen LogP) is 1.17. The molecule has 0 saturated heterocycles. The molecular formula is C18H31N5O4S. The van der Waals surface area contributed by atoms with Gasteiger partial charge in [-0.1, -0.05) is 12.1 Å². The zero-order valence-corrected chi connectivity index (χ0v) is 17.9. The Labute approximate surface area is 167 Å². The highest BCUT2D eigenvalue weighted by Gasteiger charge is 2.15. The molecule has 0 aromatic heterocycles. The summed E-state index contributed by atoms with van der Waals surface area (Å²) in [5.41, 5.74) is 0.342. The van der Waals surface area contributed by atoms with E-state index in [-0.39, 0.29) is 4.90 Å². The van der Waals surface area contributed by atoms with Gasteiger partial charge in [-0.25, -0.2) is 22.9 Å². The van der Waals surface area contributed by atoms with Crippen LogP contribution in [0.5, 0.6) is 0 Å². The Bertz CT molecular complexity index is 755. The highest BCUT2D eigenvalue weighted by molar-refractivity contribution is 7.89. The van der Waals surface area contributed by atoms with Gasteiger partial charge in [-0.3, -0.25) is 0 Å². The molecule has 9 nitrogen and oxygen atoms in total. The number of benzene rings is 1. The monoisotopic (exact) mass is 413 g/mol. The molecule has 0 heterocycles. The van der Waals surface area contributed by atoms with Crippen LogP contribution in [0.1, 0.15) is 33.3 Å². The van der Waals surface area contributed by atoms with Gasteiger partial charge in [0.25, 0.3) is 0 Å². The lowest BCUT2D eigenvalue weighted by Crippen LogP contribution is -2.42. The zero-order chi connectivity index (χ0) is 21.2. The van der Waals surface area contributed by atoms with Crippen LogP contribution in [0, 0.1) is 0 Å². The fourth-order valence-electron chi connectivity index (χ4n) is 2.06. The number of hydrogen-bond donors (Lipinski definition) is 4. The summed E-state index contributed by atoms with van der Waals surface area (Å²) in [5.74, 6) is 0.598. The highest BCUT2D eigenvalue weighted by Crippen LogP contribution is 2.10. The molecule has 0 saturated carbocycles. The number of ether oxygens (including phenoxy) is 1. The maximum absolute atomic E-state index is 11.7. The standard InChI is InChI=1S/C18H31N5O4S/c1-6-20-16(21-11-12-22-17(24)27-18(2,3)4)23-13-14-7-9-15(10-8-14)28(25,26)19-5/h7-10,19H,6,11-13H2,1-5H3,(H,22,24)(H2,20,21,23). The molecule has 28 heavy (non-hydrogen) atoms. The molecule has 0 fully saturated rings. The van der Waals surface area contributed by atoms with Crippen LogP contribution in [0.25, 0.3) is 0 Å². The van der Waals surface area contributed by atoms with Crippen molar-refractivity contribution in [3.8, 4) is 0 Å². The lowest BCUT2D eigenvalue weighted by Gasteiger charge is -2.19. The van der Waals surface area contributed by atoms with Crippen LogP contribution in [-0.4, -0.2) is 52.8 Å². The van der Waals surface area contributed by atoms with Crippen molar-refractivity contribution in [1.29, 1.82) is 0 Å². The molecule has 0 radical (unpaired) electrons. The van der Waals surface area contributed by atoms with Crippen LogP contribution in [0.3, 0.4) is 0 Å². The summed E-state index contributed by atoms with van der Waals surface area (Å²) in [6.07, 6.45) is -0.465. The van der Waals surface area contributed by atoms with Gasteiger partial charge in [-0.05, 0) is 52.4 Å². The number of nitrogens with one attached hydrogen (secondary N) is 4. The van der Waals surface area contributed by atoms with Crippen molar-refractivity contribution in [2.75, 3.05) is 26.7 Å². The average molecular weight is 414 g/mol. The summed E-state index contributed by atoms with van der Waals surface area (Å²) in [6.45, 7) is 9.30. The highest BCUT2D eigenvalue weighted by atomic mass is 32.2. The first-order valence-electron chi connectivity index (χ1n) is 9.09. The van der Waals surface area contributed by atoms with E-state index in [1.807, 2.05) is 27.7 Å². The maximum Gasteiger partial charge on any atom is 0.407 e. The van der Waals surface area contributed by atoms with E-state index < -0.39 is 21.7 Å². The largest absolute Gasteiger partial charge is 0.444 e. The lowest BCUT2D eigenvalue weighted by atomic mass is 10.2. The Hall–Kier alpha value is -2.33. The lowest BCUT2D eigenvalue weighted by molar-refractivity contribution is 0.0529. The molecule has 158 valence electrons. The van der Waals surface area contributed by atoms with Crippen molar-refractivity contribution < 1.29 is 17.9 Å². The van der Waals surface area contributed by atoms with E-state index in [0.717, 1.165) is 5.56 Å². The third-order valence-corrected chi connectivity index (χ3v) is 4.78. The van der Waals surface area contributed by atoms with Crippen molar-refractivity contribution in [2.24, 2.45) is 4.99 Å². The number of hydrogen-bond acceptors (Lipinski definition) is 5. The number of guanidine groups is 1. The molecule has 0 atom stereocenters. The molecule has 4 N–H and O–H groups in total. The molecule has 0 unspecified atom stereocenters. The van der Waals surface area contributed by atoms with Crippen LogP contribution in [0.4, 0.5) is 4.79 Å². The summed E-state index contributed by atoms with van der Waals surface area (Å²) in [5, 5.41) is 8.90. The minimum absolute atomic E-state index is 0.209. The molecule has 0 spiro atoms. The minimum atomic E-state index is -3.44. The van der Waals surface area contributed by atoms with Crippen molar-refractivity contribution in [3.05, 3.63) is 29.8 Å². The van der Waals surface area contributed by atoms with Crippen LogP contribution < -0.4 is 20.7 Å². The molecule has 1 aromatic carbocycles. The van der Waals surface area contributed by atoms with E-state index in [2.05, 4.69) is 25.7 Å². The van der Waals surface area contributed by atoms with E-state index in [9.17, 15) is 13.2 Å². The van der Waals surface area contributed by atoms with Gasteiger partial charge in [0.2, 0.25) is 10.0 Å². The van der Waals surface area contributed by atoms with Crippen LogP contribution in [0.2, 0.25) is 0 Å². The Morgan fingerprint density at radius 3 is 2.21 bits per heavy atom. The summed E-state index contributed by atoms with van der Waals surface area (Å²) in [4.78, 5) is 16.3. The van der Waals surface area contributed by atoms with Gasteiger partial charge in [0.05, 0.1) is 11.4 Å². The molecule has 1 rings (SSSR count). The molecular weight excluding hydrogens is 382 g/mol. The number of aliphatic imine (C=N–C) groups is 1. The Balaban J connectivity index is 2.54. The topological polar surface area (TPSA) is 121 Å². The van der Waals surface area contributed by atoms with Gasteiger partial charge in [0.1, 0.15) is 5.60 Å². The Morgan fingerprint density at radius 1 is 1.07 bits per heavy atom. The summed E-state index contributed by atoms with van der Waals surface area (Å²) >= 11 is 0. The zero-order valence-electron chi connectivity index (χ0n) is 17.1. The third kappa shape index (κ3) is 9.05. The van der Waals surface area contributed by atoms with Gasteiger partial charge >= 0.3 is 6.09 Å². The SMILES string of the molecule is CCNC(=NCc1ccc(S(=O)(=O)NC)cc1)NCCNC(=O)OC(C)(C)C. The van der Waals surface area contributed by atoms with Crippen LogP contribution >= 0.6 is 0 Å². The molecule has 0 aliphatic heterocycles. The van der Waals surface area contributed by atoms with Gasteiger partial charge in [0, 0.05) is 19.6 Å². The molecule has 1 aromatic rings. The average Bonchev–Trinajstić information content (AvgIpc) is 2.62. The number of rotatable bonds is 8. The number of amides is 1. The Morgan fingerprint density at radius 2 is 1.68 bits per heavy atom. The fraction of sp³-hybridized carbons (Fsp3) is 0.556. The van der Waals surface area contributed by atoms with E-state index in [1.165, 1.54) is 7.05 Å². The molecule has 0 bridgehead atoms. The van der Waals surface area contributed by atoms with Crippen molar-refractivity contribution >= 4 is 22.1 Å². The second-order valence-corrected chi connectivity index (χ2v) is 8.79. The second kappa shape index (κ2) is 10.9. The summed E-state index contributed by atoms with van der Waals surface area (Å²) < 4.78 is 30.9. The van der Waals surface area contributed by atoms with Crippen molar-refractivity contribution in [3.63, 3.8) is 0 Å². The summed E-state index contributed by atoms with van der Waals surface area (Å²) in [7, 11) is -2.07. The second-order valence-electron chi connectivity index (χ2n) is 6.90. The van der Waals surface area contributed by atoms with E-state index >= 15 is 0 Å². The van der Waals surface area contributed by atoms with Gasteiger partial charge in [-0.15, -0.1) is 0 Å². The molecule has 0 aliphatic carbocycles. The molecule has 10 heteroatoms. The van der Waals surface area contributed by atoms with Crippen molar-refractivity contribution in [2.45, 2.75) is 44.7 Å². The molecule has 0 aliphatic rings. The first-order chi connectivity index (χ1) is 13.1. The quantitative estimate of drug-likeness (QED) is 0.288. The van der Waals surface area contributed by atoms with Gasteiger partial charge in [-0.2, -0.15) is 0 Å². The normalized spacial score (nSPS) is 12.4. The predicted molar refractivity (Wildman–Crippen MR) is 110 cm³/mol. The Kier molecular flexibility index (Phi) is 9.20. The minimum Gasteiger partial charge on any atom is -0.444 e. The van der Waals surface area contributed by atoms with Crippen LogP contribution in [0.15, 0.2) is 34.2 Å². The van der Waals surface area contributed by atoms with E-state index in [0.29, 0.717) is 32.1 Å². The van der Waals surface area contributed by atoms with Crippen molar-refractivity contribution in [1.82, 2.24) is 20.7 Å². The number of nitrogens with zero attached hydrogens (tertiary/aromatic N) is 1. The molecule has 1 amide bonds.